The molecule has 5 heteroatoms. The standard InChI is InChI=1S/C15H25N3O2/c1-12(11-19)18(4)15(20)16-9-13-6-5-7-14(8-13)10-17(2)3/h5-8,12,19H,9-11H2,1-4H3,(H,16,20). The molecular weight excluding hydrogens is 254 g/mol. The van der Waals surface area contributed by atoms with Crippen LogP contribution in [-0.2, 0) is 13.1 Å². The average Bonchev–Trinajstić information content (AvgIpc) is 2.42. The molecule has 0 saturated heterocycles. The molecule has 0 fully saturated rings. The van der Waals surface area contributed by atoms with E-state index in [2.05, 4.69) is 22.3 Å². The summed E-state index contributed by atoms with van der Waals surface area (Å²) in [6.07, 6.45) is 0. The van der Waals surface area contributed by atoms with Crippen molar-refractivity contribution in [1.82, 2.24) is 15.1 Å². The Morgan fingerprint density at radius 2 is 1.95 bits per heavy atom. The van der Waals surface area contributed by atoms with E-state index >= 15 is 0 Å². The molecule has 0 heterocycles. The van der Waals surface area contributed by atoms with E-state index in [9.17, 15) is 4.79 Å². The number of carbonyl (C=O) groups excluding carboxylic acids is 1. The summed E-state index contributed by atoms with van der Waals surface area (Å²) in [6, 6.07) is 7.80. The van der Waals surface area contributed by atoms with Gasteiger partial charge in [-0.2, -0.15) is 0 Å². The average molecular weight is 279 g/mol. The molecule has 0 aromatic heterocycles. The van der Waals surface area contributed by atoms with Crippen molar-refractivity contribution in [2.75, 3.05) is 27.7 Å². The van der Waals surface area contributed by atoms with Crippen molar-refractivity contribution >= 4 is 6.03 Å². The van der Waals surface area contributed by atoms with Crippen molar-refractivity contribution in [1.29, 1.82) is 0 Å². The van der Waals surface area contributed by atoms with Crippen LogP contribution in [-0.4, -0.2) is 54.7 Å². The fourth-order valence-corrected chi connectivity index (χ4v) is 1.83. The third kappa shape index (κ3) is 5.19. The molecule has 0 aliphatic carbocycles. The van der Waals surface area contributed by atoms with E-state index in [1.807, 2.05) is 26.2 Å². The van der Waals surface area contributed by atoms with Gasteiger partial charge in [0, 0.05) is 20.1 Å². The van der Waals surface area contributed by atoms with Crippen molar-refractivity contribution in [3.63, 3.8) is 0 Å². The van der Waals surface area contributed by atoms with Crippen LogP contribution in [0.5, 0.6) is 0 Å². The van der Waals surface area contributed by atoms with Gasteiger partial charge in [-0.25, -0.2) is 4.79 Å². The number of urea groups is 1. The summed E-state index contributed by atoms with van der Waals surface area (Å²) in [7, 11) is 5.73. The molecule has 0 saturated carbocycles. The number of nitrogens with zero attached hydrogens (tertiary/aromatic N) is 2. The van der Waals surface area contributed by atoms with Crippen LogP contribution in [0.25, 0.3) is 0 Å². The van der Waals surface area contributed by atoms with Gasteiger partial charge in [-0.1, -0.05) is 24.3 Å². The molecule has 5 nitrogen and oxygen atoms in total. The summed E-state index contributed by atoms with van der Waals surface area (Å²) in [5.74, 6) is 0. The maximum atomic E-state index is 11.9. The van der Waals surface area contributed by atoms with Crippen molar-refractivity contribution in [2.24, 2.45) is 0 Å². The maximum Gasteiger partial charge on any atom is 0.317 e. The highest BCUT2D eigenvalue weighted by Crippen LogP contribution is 2.07. The number of aliphatic hydroxyl groups excluding tert-OH is 1. The first-order valence-corrected chi connectivity index (χ1v) is 6.78. The van der Waals surface area contributed by atoms with E-state index in [1.54, 1.807) is 14.0 Å². The summed E-state index contributed by atoms with van der Waals surface area (Å²) in [6.45, 7) is 3.13. The van der Waals surface area contributed by atoms with Gasteiger partial charge in [-0.05, 0) is 32.1 Å². The number of likely N-dealkylation sites (N-methyl/N-ethyl adjacent to an activating group) is 1. The zero-order valence-corrected chi connectivity index (χ0v) is 12.8. The number of benzene rings is 1. The molecular formula is C15H25N3O2. The number of hydrogen-bond acceptors (Lipinski definition) is 3. The Kier molecular flexibility index (Phi) is 6.48. The van der Waals surface area contributed by atoms with Crippen LogP contribution in [0, 0.1) is 0 Å². The molecule has 2 N–H and O–H groups in total. The molecule has 1 aromatic rings. The molecule has 1 rings (SSSR count). The second kappa shape index (κ2) is 7.87. The second-order valence-electron chi connectivity index (χ2n) is 5.36. The Labute approximate surface area is 121 Å². The zero-order valence-electron chi connectivity index (χ0n) is 12.8. The highest BCUT2D eigenvalue weighted by Gasteiger charge is 2.14. The Morgan fingerprint density at radius 3 is 2.55 bits per heavy atom. The van der Waals surface area contributed by atoms with Gasteiger partial charge < -0.3 is 20.2 Å². The SMILES string of the molecule is CC(CO)N(C)C(=O)NCc1cccc(CN(C)C)c1. The number of hydrogen-bond donors (Lipinski definition) is 2. The number of carbonyl (C=O) groups is 1. The predicted octanol–water partition coefficient (Wildman–Crippen LogP) is 1.27. The van der Waals surface area contributed by atoms with Crippen LogP contribution in [0.1, 0.15) is 18.1 Å². The van der Waals surface area contributed by atoms with Crippen LogP contribution < -0.4 is 5.32 Å². The third-order valence-electron chi connectivity index (χ3n) is 3.18. The lowest BCUT2D eigenvalue weighted by Crippen LogP contribution is -2.43. The molecule has 2 amide bonds. The highest BCUT2D eigenvalue weighted by atomic mass is 16.3. The van der Waals surface area contributed by atoms with Gasteiger partial charge in [0.05, 0.1) is 12.6 Å². The van der Waals surface area contributed by atoms with Crippen molar-refractivity contribution in [2.45, 2.75) is 26.1 Å². The Bertz CT molecular complexity index is 435. The fraction of sp³-hybridized carbons (Fsp3) is 0.533. The first-order valence-electron chi connectivity index (χ1n) is 6.78. The first kappa shape index (κ1) is 16.5. The minimum atomic E-state index is -0.185. The van der Waals surface area contributed by atoms with E-state index in [-0.39, 0.29) is 18.7 Å². The van der Waals surface area contributed by atoms with Gasteiger partial charge in [0.1, 0.15) is 0 Å². The molecule has 1 atom stereocenters. The van der Waals surface area contributed by atoms with Gasteiger partial charge in [-0.3, -0.25) is 0 Å². The molecule has 1 unspecified atom stereocenters. The number of aliphatic hydroxyl groups is 1. The smallest absolute Gasteiger partial charge is 0.317 e. The number of amides is 2. The Morgan fingerprint density at radius 1 is 1.30 bits per heavy atom. The number of nitrogens with one attached hydrogen (secondary N) is 1. The van der Waals surface area contributed by atoms with E-state index < -0.39 is 0 Å². The quantitative estimate of drug-likeness (QED) is 0.824. The van der Waals surface area contributed by atoms with Gasteiger partial charge in [0.25, 0.3) is 0 Å². The maximum absolute atomic E-state index is 11.9. The molecule has 0 radical (unpaired) electrons. The minimum absolute atomic E-state index is 0.0394. The molecule has 0 spiro atoms. The monoisotopic (exact) mass is 279 g/mol. The highest BCUT2D eigenvalue weighted by molar-refractivity contribution is 5.74. The molecule has 0 aliphatic heterocycles. The third-order valence-corrected chi connectivity index (χ3v) is 3.18. The summed E-state index contributed by atoms with van der Waals surface area (Å²) in [4.78, 5) is 15.5. The summed E-state index contributed by atoms with van der Waals surface area (Å²) >= 11 is 0. The normalized spacial score (nSPS) is 12.3. The topological polar surface area (TPSA) is 55.8 Å². The van der Waals surface area contributed by atoms with E-state index in [0.717, 1.165) is 12.1 Å². The molecule has 1 aromatic carbocycles. The van der Waals surface area contributed by atoms with Crippen LogP contribution >= 0.6 is 0 Å². The van der Waals surface area contributed by atoms with Gasteiger partial charge >= 0.3 is 6.03 Å². The van der Waals surface area contributed by atoms with Gasteiger partial charge in [0.15, 0.2) is 0 Å². The van der Waals surface area contributed by atoms with Gasteiger partial charge in [-0.15, -0.1) is 0 Å². The minimum Gasteiger partial charge on any atom is -0.394 e. The lowest BCUT2D eigenvalue weighted by atomic mass is 10.1. The largest absolute Gasteiger partial charge is 0.394 e. The summed E-state index contributed by atoms with van der Waals surface area (Å²) < 4.78 is 0. The van der Waals surface area contributed by atoms with Crippen molar-refractivity contribution in [3.05, 3.63) is 35.4 Å². The van der Waals surface area contributed by atoms with Crippen LogP contribution in [0.4, 0.5) is 4.79 Å². The molecule has 20 heavy (non-hydrogen) atoms. The van der Waals surface area contributed by atoms with Crippen molar-refractivity contribution < 1.29 is 9.90 Å². The van der Waals surface area contributed by atoms with Crippen LogP contribution in [0.3, 0.4) is 0 Å². The zero-order chi connectivity index (χ0) is 15.1. The van der Waals surface area contributed by atoms with E-state index in [4.69, 9.17) is 5.11 Å². The fourth-order valence-electron chi connectivity index (χ4n) is 1.83. The lowest BCUT2D eigenvalue weighted by molar-refractivity contribution is 0.157. The molecule has 0 bridgehead atoms. The first-order chi connectivity index (χ1) is 9.43. The Balaban J connectivity index is 2.55. The predicted molar refractivity (Wildman–Crippen MR) is 80.4 cm³/mol. The van der Waals surface area contributed by atoms with E-state index in [1.165, 1.54) is 10.5 Å². The van der Waals surface area contributed by atoms with Crippen molar-refractivity contribution in [3.8, 4) is 0 Å². The molecule has 112 valence electrons. The van der Waals surface area contributed by atoms with Crippen LogP contribution in [0.15, 0.2) is 24.3 Å². The number of rotatable bonds is 6. The lowest BCUT2D eigenvalue weighted by Gasteiger charge is -2.23. The second-order valence-corrected chi connectivity index (χ2v) is 5.36. The summed E-state index contributed by atoms with van der Waals surface area (Å²) in [5.41, 5.74) is 2.29. The summed E-state index contributed by atoms with van der Waals surface area (Å²) in [5, 5.41) is 11.9. The van der Waals surface area contributed by atoms with E-state index in [0.29, 0.717) is 6.54 Å². The molecule has 0 aliphatic rings. The van der Waals surface area contributed by atoms with Gasteiger partial charge in [0.2, 0.25) is 0 Å². The van der Waals surface area contributed by atoms with Crippen LogP contribution in [0.2, 0.25) is 0 Å². The Hall–Kier alpha value is -1.59.